The van der Waals surface area contributed by atoms with E-state index in [1.54, 1.807) is 36.5 Å². The molecule has 0 unspecified atom stereocenters. The molecule has 0 aliphatic carbocycles. The van der Waals surface area contributed by atoms with Crippen LogP contribution in [0.5, 0.6) is 0 Å². The molecule has 112 valence electrons. The Labute approximate surface area is 126 Å². The number of hydrogen-bond acceptors (Lipinski definition) is 4. The molecule has 22 heavy (non-hydrogen) atoms. The minimum absolute atomic E-state index is 0.218. The van der Waals surface area contributed by atoms with Crippen molar-refractivity contribution in [3.05, 3.63) is 59.0 Å². The highest BCUT2D eigenvalue weighted by molar-refractivity contribution is 7.90. The number of nitrogens with one attached hydrogen (secondary N) is 2. The van der Waals surface area contributed by atoms with E-state index in [9.17, 15) is 13.2 Å². The third-order valence-corrected chi connectivity index (χ3v) is 3.61. The van der Waals surface area contributed by atoms with Crippen LogP contribution < -0.4 is 15.4 Å². The molecule has 0 fully saturated rings. The van der Waals surface area contributed by atoms with Gasteiger partial charge in [-0.3, -0.25) is 9.52 Å². The van der Waals surface area contributed by atoms with E-state index in [1.165, 1.54) is 6.07 Å². The second-order valence-electron chi connectivity index (χ2n) is 4.67. The monoisotopic (exact) mass is 316 g/mol. The average Bonchev–Trinajstić information content (AvgIpc) is 2.45. The summed E-state index contributed by atoms with van der Waals surface area (Å²) in [7, 11) is -3.79. The Morgan fingerprint density at radius 3 is 2.45 bits per heavy atom. The van der Waals surface area contributed by atoms with Crippen molar-refractivity contribution in [1.29, 1.82) is 0 Å². The molecule has 3 aromatic rings. The lowest BCUT2D eigenvalue weighted by molar-refractivity contribution is 0.603. The van der Waals surface area contributed by atoms with Gasteiger partial charge in [0.1, 0.15) is 5.65 Å². The van der Waals surface area contributed by atoms with Crippen LogP contribution >= 0.6 is 0 Å². The number of rotatable bonds is 3. The van der Waals surface area contributed by atoms with Gasteiger partial charge in [0.05, 0.1) is 0 Å². The van der Waals surface area contributed by atoms with E-state index >= 15 is 0 Å². The van der Waals surface area contributed by atoms with Crippen molar-refractivity contribution in [3.8, 4) is 11.1 Å². The Kier molecular flexibility index (Phi) is 3.39. The van der Waals surface area contributed by atoms with Crippen molar-refractivity contribution in [2.75, 3.05) is 4.72 Å². The van der Waals surface area contributed by atoms with E-state index in [2.05, 4.69) is 14.7 Å². The van der Waals surface area contributed by atoms with E-state index in [-0.39, 0.29) is 5.56 Å². The predicted molar refractivity (Wildman–Crippen MR) is 84.5 cm³/mol. The maximum absolute atomic E-state index is 11.3. The fourth-order valence-electron chi connectivity index (χ4n) is 2.19. The van der Waals surface area contributed by atoms with Crippen LogP contribution in [-0.4, -0.2) is 18.4 Å². The molecule has 0 aliphatic rings. The second kappa shape index (κ2) is 5.24. The number of nitrogens with zero attached hydrogens (tertiary/aromatic N) is 1. The molecule has 4 N–H and O–H groups in total. The molecule has 2 heterocycles. The molecule has 1 aromatic carbocycles. The van der Waals surface area contributed by atoms with E-state index < -0.39 is 10.2 Å². The lowest BCUT2D eigenvalue weighted by Crippen LogP contribution is -2.21. The van der Waals surface area contributed by atoms with Crippen LogP contribution in [0, 0.1) is 0 Å². The maximum atomic E-state index is 11.3. The van der Waals surface area contributed by atoms with E-state index in [1.807, 2.05) is 6.07 Å². The molecule has 2 aromatic heterocycles. The smallest absolute Gasteiger partial charge is 0.296 e. The van der Waals surface area contributed by atoms with Gasteiger partial charge in [-0.15, -0.1) is 0 Å². The minimum atomic E-state index is -3.79. The zero-order chi connectivity index (χ0) is 15.7. The quantitative estimate of drug-likeness (QED) is 0.673. The van der Waals surface area contributed by atoms with Crippen molar-refractivity contribution in [2.45, 2.75) is 0 Å². The third-order valence-electron chi connectivity index (χ3n) is 3.09. The Morgan fingerprint density at radius 2 is 1.77 bits per heavy atom. The van der Waals surface area contributed by atoms with Crippen molar-refractivity contribution in [1.82, 2.24) is 9.97 Å². The molecule has 0 amide bonds. The number of benzene rings is 1. The molecule has 0 saturated heterocycles. The Bertz CT molecular complexity index is 995. The van der Waals surface area contributed by atoms with Gasteiger partial charge in [-0.25, -0.2) is 10.1 Å². The topological polar surface area (TPSA) is 118 Å². The SMILES string of the molecule is NS(=O)(=O)Nc1ccc(-c2ccnc3[nH]c(=O)ccc23)cc1. The van der Waals surface area contributed by atoms with Crippen LogP contribution in [0.2, 0.25) is 0 Å². The van der Waals surface area contributed by atoms with Gasteiger partial charge < -0.3 is 4.98 Å². The van der Waals surface area contributed by atoms with Gasteiger partial charge >= 0.3 is 0 Å². The number of fused-ring (bicyclic) bond motifs is 1. The van der Waals surface area contributed by atoms with Gasteiger partial charge in [-0.2, -0.15) is 8.42 Å². The number of aromatic amines is 1. The normalized spacial score (nSPS) is 11.5. The van der Waals surface area contributed by atoms with Gasteiger partial charge in [-0.1, -0.05) is 12.1 Å². The standard InChI is InChI=1S/C14H12N4O3S/c15-22(20,21)18-10-3-1-9(2-4-10)11-7-8-16-14-12(11)5-6-13(19)17-14/h1-8,18H,(H2,15,20,21)(H,16,17,19). The molecular formula is C14H12N4O3S. The van der Waals surface area contributed by atoms with Gasteiger partial charge in [0.15, 0.2) is 0 Å². The van der Waals surface area contributed by atoms with E-state index in [0.717, 1.165) is 16.5 Å². The molecule has 7 nitrogen and oxygen atoms in total. The first kappa shape index (κ1) is 14.2. The molecule has 8 heteroatoms. The average molecular weight is 316 g/mol. The first-order valence-electron chi connectivity index (χ1n) is 6.31. The molecule has 0 spiro atoms. The largest absolute Gasteiger partial charge is 0.307 e. The van der Waals surface area contributed by atoms with Crippen molar-refractivity contribution in [3.63, 3.8) is 0 Å². The van der Waals surface area contributed by atoms with Crippen LogP contribution in [0.4, 0.5) is 5.69 Å². The Morgan fingerprint density at radius 1 is 1.05 bits per heavy atom. The molecular weight excluding hydrogens is 304 g/mol. The van der Waals surface area contributed by atoms with E-state index in [4.69, 9.17) is 5.14 Å². The summed E-state index contributed by atoms with van der Waals surface area (Å²) in [6.07, 6.45) is 1.60. The zero-order valence-electron chi connectivity index (χ0n) is 11.3. The van der Waals surface area contributed by atoms with Crippen molar-refractivity contribution >= 4 is 26.9 Å². The predicted octanol–water partition coefficient (Wildman–Crippen LogP) is 1.21. The zero-order valence-corrected chi connectivity index (χ0v) is 12.1. The summed E-state index contributed by atoms with van der Waals surface area (Å²) in [4.78, 5) is 18.1. The van der Waals surface area contributed by atoms with E-state index in [0.29, 0.717) is 11.3 Å². The van der Waals surface area contributed by atoms with Gasteiger partial charge in [-0.05, 0) is 35.4 Å². The Balaban J connectivity index is 2.06. The summed E-state index contributed by atoms with van der Waals surface area (Å²) < 4.78 is 24.2. The number of aromatic nitrogens is 2. The van der Waals surface area contributed by atoms with Gasteiger partial charge in [0, 0.05) is 23.3 Å². The highest BCUT2D eigenvalue weighted by Crippen LogP contribution is 2.27. The van der Waals surface area contributed by atoms with Crippen LogP contribution in [0.25, 0.3) is 22.2 Å². The van der Waals surface area contributed by atoms with Crippen LogP contribution in [0.3, 0.4) is 0 Å². The summed E-state index contributed by atoms with van der Waals surface area (Å²) in [5.41, 5.74) is 2.39. The molecule has 0 saturated carbocycles. The summed E-state index contributed by atoms with van der Waals surface area (Å²) in [6.45, 7) is 0. The van der Waals surface area contributed by atoms with Gasteiger partial charge in [0.25, 0.3) is 10.2 Å². The highest BCUT2D eigenvalue weighted by Gasteiger charge is 2.06. The molecule has 3 rings (SSSR count). The maximum Gasteiger partial charge on any atom is 0.296 e. The summed E-state index contributed by atoms with van der Waals surface area (Å²) in [5, 5.41) is 5.72. The number of nitrogens with two attached hydrogens (primary N) is 1. The Hall–Kier alpha value is -2.71. The van der Waals surface area contributed by atoms with Crippen LogP contribution in [0.1, 0.15) is 0 Å². The fourth-order valence-corrected chi connectivity index (χ4v) is 2.66. The number of anilines is 1. The molecule has 0 bridgehead atoms. The highest BCUT2D eigenvalue weighted by atomic mass is 32.2. The number of hydrogen-bond donors (Lipinski definition) is 3. The molecule has 0 aliphatic heterocycles. The summed E-state index contributed by atoms with van der Waals surface area (Å²) >= 11 is 0. The summed E-state index contributed by atoms with van der Waals surface area (Å²) in [6, 6.07) is 11.7. The third kappa shape index (κ3) is 2.97. The number of H-pyrrole nitrogens is 1. The first-order chi connectivity index (χ1) is 10.4. The van der Waals surface area contributed by atoms with Crippen LogP contribution in [0.15, 0.2) is 53.5 Å². The van der Waals surface area contributed by atoms with Crippen LogP contribution in [-0.2, 0) is 10.2 Å². The summed E-state index contributed by atoms with van der Waals surface area (Å²) in [5.74, 6) is 0. The number of pyridine rings is 2. The second-order valence-corrected chi connectivity index (χ2v) is 5.96. The lowest BCUT2D eigenvalue weighted by Gasteiger charge is -2.08. The van der Waals surface area contributed by atoms with Gasteiger partial charge in [0.2, 0.25) is 5.56 Å². The lowest BCUT2D eigenvalue weighted by atomic mass is 10.0. The van der Waals surface area contributed by atoms with Crippen molar-refractivity contribution < 1.29 is 8.42 Å². The fraction of sp³-hybridized carbons (Fsp3) is 0. The minimum Gasteiger partial charge on any atom is -0.307 e. The molecule has 0 atom stereocenters. The van der Waals surface area contributed by atoms with Crippen molar-refractivity contribution in [2.24, 2.45) is 5.14 Å². The first-order valence-corrected chi connectivity index (χ1v) is 7.86. The molecule has 0 radical (unpaired) electrons.